The highest BCUT2D eigenvalue weighted by atomic mass is 16.2. The van der Waals surface area contributed by atoms with Crippen molar-refractivity contribution in [2.45, 2.75) is 33.2 Å². The van der Waals surface area contributed by atoms with Crippen LogP contribution in [0.25, 0.3) is 0 Å². The molecule has 1 aliphatic rings. The Balaban J connectivity index is 2.55. The first kappa shape index (κ1) is 14.0. The highest BCUT2D eigenvalue weighted by Crippen LogP contribution is 2.08. The van der Waals surface area contributed by atoms with Crippen molar-refractivity contribution < 1.29 is 9.59 Å². The third kappa shape index (κ3) is 3.70. The fraction of sp³-hybridized carbons (Fsp3) is 0.833. The van der Waals surface area contributed by atoms with Gasteiger partial charge in [0.2, 0.25) is 11.8 Å². The van der Waals surface area contributed by atoms with Crippen molar-refractivity contribution in [2.24, 2.45) is 11.7 Å². The molecule has 1 aliphatic heterocycles. The molecule has 98 valence electrons. The van der Waals surface area contributed by atoms with E-state index in [9.17, 15) is 9.59 Å². The highest BCUT2D eigenvalue weighted by molar-refractivity contribution is 5.92. The van der Waals surface area contributed by atoms with Gasteiger partial charge in [0.05, 0.1) is 13.1 Å². The first-order valence-corrected chi connectivity index (χ1v) is 6.26. The first-order valence-electron chi connectivity index (χ1n) is 6.26. The van der Waals surface area contributed by atoms with Crippen molar-refractivity contribution in [3.8, 4) is 0 Å². The molecule has 1 saturated heterocycles. The maximum atomic E-state index is 11.9. The predicted octanol–water partition coefficient (Wildman–Crippen LogP) is 0.0505. The number of rotatable bonds is 5. The van der Waals surface area contributed by atoms with Crippen LogP contribution in [0.5, 0.6) is 0 Å². The van der Waals surface area contributed by atoms with Gasteiger partial charge < -0.3 is 15.5 Å². The van der Waals surface area contributed by atoms with E-state index >= 15 is 0 Å². The molecule has 1 unspecified atom stereocenters. The molecule has 0 aromatic heterocycles. The molecule has 1 fully saturated rings. The number of piperazine rings is 1. The first-order chi connectivity index (χ1) is 7.95. The monoisotopic (exact) mass is 241 g/mol. The smallest absolute Gasteiger partial charge is 0.242 e. The second-order valence-electron chi connectivity index (χ2n) is 5.00. The molecule has 2 amide bonds. The van der Waals surface area contributed by atoms with Crippen molar-refractivity contribution in [3.63, 3.8) is 0 Å². The molecule has 2 N–H and O–H groups in total. The predicted molar refractivity (Wildman–Crippen MR) is 66.3 cm³/mol. The molecular weight excluding hydrogens is 218 g/mol. The van der Waals surface area contributed by atoms with E-state index in [-0.39, 0.29) is 30.9 Å². The summed E-state index contributed by atoms with van der Waals surface area (Å²) < 4.78 is 0. The third-order valence-corrected chi connectivity index (χ3v) is 3.14. The summed E-state index contributed by atoms with van der Waals surface area (Å²) in [6.45, 7) is 7.56. The van der Waals surface area contributed by atoms with E-state index in [0.717, 1.165) is 6.42 Å². The molecule has 1 heterocycles. The van der Waals surface area contributed by atoms with Crippen LogP contribution in [0.2, 0.25) is 0 Å². The molecule has 0 aromatic rings. The number of carbonyl (C=O) groups excluding carboxylic acids is 2. The van der Waals surface area contributed by atoms with Crippen LogP contribution in [-0.4, -0.2) is 53.8 Å². The lowest BCUT2D eigenvalue weighted by Gasteiger charge is -2.35. The van der Waals surface area contributed by atoms with E-state index in [0.29, 0.717) is 19.0 Å². The van der Waals surface area contributed by atoms with Crippen molar-refractivity contribution in [1.29, 1.82) is 0 Å². The van der Waals surface area contributed by atoms with Crippen LogP contribution in [0.1, 0.15) is 27.2 Å². The summed E-state index contributed by atoms with van der Waals surface area (Å²) in [6, 6.07) is -0.0653. The summed E-state index contributed by atoms with van der Waals surface area (Å²) in [6.07, 6.45) is 0.879. The molecule has 0 aromatic carbocycles. The number of carbonyl (C=O) groups is 2. The van der Waals surface area contributed by atoms with Crippen LogP contribution in [0, 0.1) is 5.92 Å². The summed E-state index contributed by atoms with van der Waals surface area (Å²) in [5.74, 6) is 0.350. The lowest BCUT2D eigenvalue weighted by molar-refractivity contribution is -0.150. The molecule has 0 radical (unpaired) electrons. The fourth-order valence-electron chi connectivity index (χ4n) is 1.81. The number of nitrogens with zero attached hydrogens (tertiary/aromatic N) is 2. The zero-order valence-corrected chi connectivity index (χ0v) is 11.0. The maximum absolute atomic E-state index is 11.9. The van der Waals surface area contributed by atoms with E-state index in [1.54, 1.807) is 9.80 Å². The zero-order chi connectivity index (χ0) is 13.0. The lowest BCUT2D eigenvalue weighted by Crippen LogP contribution is -2.56. The molecule has 17 heavy (non-hydrogen) atoms. The molecule has 5 nitrogen and oxygen atoms in total. The SMILES string of the molecule is CCCN1CC(=O)N(CC(N)C(C)C)CC1=O. The van der Waals surface area contributed by atoms with E-state index in [2.05, 4.69) is 0 Å². The van der Waals surface area contributed by atoms with E-state index in [1.807, 2.05) is 20.8 Å². The van der Waals surface area contributed by atoms with Gasteiger partial charge in [0.15, 0.2) is 0 Å². The molecule has 1 rings (SSSR count). The van der Waals surface area contributed by atoms with E-state index in [4.69, 9.17) is 5.73 Å². The second-order valence-corrected chi connectivity index (χ2v) is 5.00. The van der Waals surface area contributed by atoms with Crippen LogP contribution in [0.3, 0.4) is 0 Å². The second kappa shape index (κ2) is 6.00. The van der Waals surface area contributed by atoms with Gasteiger partial charge in [-0.3, -0.25) is 9.59 Å². The van der Waals surface area contributed by atoms with Gasteiger partial charge >= 0.3 is 0 Å². The van der Waals surface area contributed by atoms with Crippen LogP contribution >= 0.6 is 0 Å². The van der Waals surface area contributed by atoms with Gasteiger partial charge in [0, 0.05) is 19.1 Å². The Labute approximate surface area is 103 Å². The Kier molecular flexibility index (Phi) is 4.93. The average molecular weight is 241 g/mol. The van der Waals surface area contributed by atoms with Crippen LogP contribution in [0.4, 0.5) is 0 Å². The Morgan fingerprint density at radius 2 is 1.71 bits per heavy atom. The standard InChI is InChI=1S/C12H23N3O2/c1-4-5-14-7-12(17)15(8-11(14)16)6-10(13)9(2)3/h9-10H,4-8,13H2,1-3H3. The minimum absolute atomic E-state index is 0.00847. The zero-order valence-electron chi connectivity index (χ0n) is 11.0. The summed E-state index contributed by atoms with van der Waals surface area (Å²) in [5, 5.41) is 0. The van der Waals surface area contributed by atoms with Crippen molar-refractivity contribution in [3.05, 3.63) is 0 Å². The van der Waals surface area contributed by atoms with E-state index in [1.165, 1.54) is 0 Å². The third-order valence-electron chi connectivity index (χ3n) is 3.14. The Bertz CT molecular complexity index is 291. The van der Waals surface area contributed by atoms with Crippen LogP contribution in [-0.2, 0) is 9.59 Å². The largest absolute Gasteiger partial charge is 0.332 e. The molecule has 5 heteroatoms. The van der Waals surface area contributed by atoms with Gasteiger partial charge in [-0.15, -0.1) is 0 Å². The minimum Gasteiger partial charge on any atom is -0.332 e. The topological polar surface area (TPSA) is 66.6 Å². The lowest BCUT2D eigenvalue weighted by atomic mass is 10.0. The van der Waals surface area contributed by atoms with Gasteiger partial charge in [-0.05, 0) is 12.3 Å². The van der Waals surface area contributed by atoms with Crippen LogP contribution in [0.15, 0.2) is 0 Å². The Morgan fingerprint density at radius 1 is 1.18 bits per heavy atom. The molecule has 0 aliphatic carbocycles. The number of hydrogen-bond acceptors (Lipinski definition) is 3. The average Bonchev–Trinajstić information content (AvgIpc) is 2.25. The van der Waals surface area contributed by atoms with Gasteiger partial charge in [-0.2, -0.15) is 0 Å². The van der Waals surface area contributed by atoms with Gasteiger partial charge in [-0.1, -0.05) is 20.8 Å². The number of hydrogen-bond donors (Lipinski definition) is 1. The van der Waals surface area contributed by atoms with Crippen molar-refractivity contribution >= 4 is 11.8 Å². The maximum Gasteiger partial charge on any atom is 0.242 e. The molecule has 0 saturated carbocycles. The van der Waals surface area contributed by atoms with Gasteiger partial charge in [0.1, 0.15) is 0 Å². The van der Waals surface area contributed by atoms with Crippen molar-refractivity contribution in [2.75, 3.05) is 26.2 Å². The number of amides is 2. The molecule has 0 spiro atoms. The number of nitrogens with two attached hydrogens (primary N) is 1. The summed E-state index contributed by atoms with van der Waals surface area (Å²) in [4.78, 5) is 26.8. The Hall–Kier alpha value is -1.10. The molecular formula is C12H23N3O2. The van der Waals surface area contributed by atoms with Gasteiger partial charge in [0.25, 0.3) is 0 Å². The quantitative estimate of drug-likeness (QED) is 0.739. The summed E-state index contributed by atoms with van der Waals surface area (Å²) >= 11 is 0. The summed E-state index contributed by atoms with van der Waals surface area (Å²) in [7, 11) is 0. The van der Waals surface area contributed by atoms with Crippen molar-refractivity contribution in [1.82, 2.24) is 9.80 Å². The van der Waals surface area contributed by atoms with E-state index < -0.39 is 0 Å². The molecule has 1 atom stereocenters. The minimum atomic E-state index is -0.0653. The van der Waals surface area contributed by atoms with Gasteiger partial charge in [-0.25, -0.2) is 0 Å². The summed E-state index contributed by atoms with van der Waals surface area (Å²) in [5.41, 5.74) is 5.93. The Morgan fingerprint density at radius 3 is 2.24 bits per heavy atom. The highest BCUT2D eigenvalue weighted by Gasteiger charge is 2.30. The normalized spacial score (nSPS) is 19.1. The van der Waals surface area contributed by atoms with Crippen LogP contribution < -0.4 is 5.73 Å². The fourth-order valence-corrected chi connectivity index (χ4v) is 1.81. The molecule has 0 bridgehead atoms.